The largest absolute Gasteiger partial charge is 0.379 e. The fourth-order valence-electron chi connectivity index (χ4n) is 6.65. The van der Waals surface area contributed by atoms with Crippen molar-refractivity contribution in [3.8, 4) is 6.07 Å². The van der Waals surface area contributed by atoms with Crippen molar-refractivity contribution in [3.05, 3.63) is 62.8 Å². The maximum Gasteiger partial charge on any atom is 0.195 e. The summed E-state index contributed by atoms with van der Waals surface area (Å²) < 4.78 is 8.63. The van der Waals surface area contributed by atoms with E-state index >= 15 is 0 Å². The van der Waals surface area contributed by atoms with E-state index in [-0.39, 0.29) is 11.2 Å². The molecule has 3 aromatic rings. The molecule has 3 heterocycles. The first kappa shape index (κ1) is 23.7. The molecule has 6 rings (SSSR count). The molecule has 7 heteroatoms. The third-order valence-electron chi connectivity index (χ3n) is 8.52. The minimum atomic E-state index is -0.360. The van der Waals surface area contributed by atoms with Crippen LogP contribution in [0.15, 0.2) is 34.8 Å². The Hall–Kier alpha value is -2.66. The first-order valence-corrected chi connectivity index (χ1v) is 13.6. The predicted octanol–water partition coefficient (Wildman–Crippen LogP) is 4.98. The number of fused-ring (bicyclic) bond motifs is 4. The number of ketones is 1. The van der Waals surface area contributed by atoms with Crippen molar-refractivity contribution in [1.82, 2.24) is 9.47 Å². The van der Waals surface area contributed by atoms with Gasteiger partial charge in [-0.1, -0.05) is 19.9 Å². The number of hydrogen-bond donors (Lipinski definition) is 0. The molecule has 1 aliphatic carbocycles. The van der Waals surface area contributed by atoms with Crippen LogP contribution in [0.4, 0.5) is 5.69 Å². The lowest BCUT2D eigenvalue weighted by Crippen LogP contribution is -2.49. The van der Waals surface area contributed by atoms with Crippen molar-refractivity contribution in [2.24, 2.45) is 7.05 Å². The fraction of sp³-hybridized carbons (Fsp3) is 0.448. The summed E-state index contributed by atoms with van der Waals surface area (Å²) in [5.41, 5.74) is 5.96. The molecular weight excluding hydrogens is 516 g/mol. The quantitative estimate of drug-likeness (QED) is 0.453. The van der Waals surface area contributed by atoms with Gasteiger partial charge in [-0.3, -0.25) is 9.69 Å². The minimum Gasteiger partial charge on any atom is -0.379 e. The lowest BCUT2D eigenvalue weighted by atomic mass is 9.71. The lowest BCUT2D eigenvalue weighted by Gasteiger charge is -2.41. The number of hydrogen-bond acceptors (Lipinski definition) is 5. The second-order valence-corrected chi connectivity index (χ2v) is 11.7. The Morgan fingerprint density at radius 2 is 1.81 bits per heavy atom. The van der Waals surface area contributed by atoms with Crippen LogP contribution >= 0.6 is 15.9 Å². The van der Waals surface area contributed by atoms with Crippen molar-refractivity contribution >= 4 is 38.3 Å². The van der Waals surface area contributed by atoms with E-state index in [4.69, 9.17) is 4.74 Å². The number of halogens is 1. The van der Waals surface area contributed by atoms with Crippen LogP contribution < -0.4 is 4.90 Å². The van der Waals surface area contributed by atoms with Crippen LogP contribution in [0.5, 0.6) is 0 Å². The van der Waals surface area contributed by atoms with Gasteiger partial charge >= 0.3 is 0 Å². The Labute approximate surface area is 220 Å². The van der Waals surface area contributed by atoms with E-state index in [9.17, 15) is 10.1 Å². The number of ether oxygens (including phenoxy) is 1. The normalized spacial score (nSPS) is 20.3. The highest BCUT2D eigenvalue weighted by Crippen LogP contribution is 2.47. The lowest BCUT2D eigenvalue weighted by molar-refractivity contribution is 0.0115. The van der Waals surface area contributed by atoms with Gasteiger partial charge in [0.2, 0.25) is 0 Å². The molecule has 0 saturated carbocycles. The number of nitriles is 1. The summed E-state index contributed by atoms with van der Waals surface area (Å²) in [5, 5.41) is 10.3. The fourth-order valence-corrected chi connectivity index (χ4v) is 7.25. The molecule has 0 atom stereocenters. The Kier molecular flexibility index (Phi) is 5.75. The molecule has 2 aliphatic heterocycles. The number of nitrogens with zero attached hydrogens (tertiary/aromatic N) is 4. The molecular formula is C29H31BrN4O2. The summed E-state index contributed by atoms with van der Waals surface area (Å²) in [6, 6.07) is 12.8. The molecule has 0 N–H and O–H groups in total. The number of benzene rings is 2. The average molecular weight is 547 g/mol. The molecule has 6 nitrogen and oxygen atoms in total. The number of carbonyl (C=O) groups is 1. The van der Waals surface area contributed by atoms with Gasteiger partial charge in [0, 0.05) is 65.8 Å². The molecule has 0 unspecified atom stereocenters. The van der Waals surface area contributed by atoms with E-state index in [1.54, 1.807) is 6.07 Å². The third-order valence-corrected chi connectivity index (χ3v) is 9.16. The van der Waals surface area contributed by atoms with Crippen molar-refractivity contribution in [3.63, 3.8) is 0 Å². The van der Waals surface area contributed by atoms with Gasteiger partial charge < -0.3 is 14.2 Å². The van der Waals surface area contributed by atoms with Gasteiger partial charge in [-0.15, -0.1) is 0 Å². The van der Waals surface area contributed by atoms with Crippen LogP contribution in [0.25, 0.3) is 10.9 Å². The van der Waals surface area contributed by atoms with E-state index in [2.05, 4.69) is 56.3 Å². The summed E-state index contributed by atoms with van der Waals surface area (Å²) in [4.78, 5) is 19.0. The maximum atomic E-state index is 13.9. The molecule has 0 spiro atoms. The van der Waals surface area contributed by atoms with E-state index in [1.165, 1.54) is 5.69 Å². The van der Waals surface area contributed by atoms with Gasteiger partial charge in [-0.05, 0) is 58.6 Å². The first-order chi connectivity index (χ1) is 17.3. The maximum absolute atomic E-state index is 13.9. The minimum absolute atomic E-state index is 0.0629. The second kappa shape index (κ2) is 8.72. The monoisotopic (exact) mass is 546 g/mol. The van der Waals surface area contributed by atoms with Crippen molar-refractivity contribution in [2.75, 3.05) is 44.3 Å². The molecule has 1 aromatic heterocycles. The SMILES string of the molecule is Cn1c2c(c3ccc(C#N)cc31)C(=O)c1cc(Br)c(N3CCC(N4CCOCC4)CC3)cc1C2(C)C. The molecule has 0 radical (unpaired) electrons. The van der Waals surface area contributed by atoms with Crippen molar-refractivity contribution in [1.29, 1.82) is 5.26 Å². The van der Waals surface area contributed by atoms with Gasteiger partial charge in [-0.2, -0.15) is 5.26 Å². The Balaban J connectivity index is 1.38. The van der Waals surface area contributed by atoms with Gasteiger partial charge in [-0.25, -0.2) is 0 Å². The van der Waals surface area contributed by atoms with Crippen LogP contribution in [-0.4, -0.2) is 60.7 Å². The van der Waals surface area contributed by atoms with Crippen molar-refractivity contribution < 1.29 is 9.53 Å². The number of piperidine rings is 1. The molecule has 36 heavy (non-hydrogen) atoms. The van der Waals surface area contributed by atoms with Crippen LogP contribution in [0.3, 0.4) is 0 Å². The number of carbonyl (C=O) groups excluding carboxylic acids is 1. The van der Waals surface area contributed by atoms with Crippen molar-refractivity contribution in [2.45, 2.75) is 38.1 Å². The second-order valence-electron chi connectivity index (χ2n) is 10.8. The summed E-state index contributed by atoms with van der Waals surface area (Å²) in [6.07, 6.45) is 2.28. The predicted molar refractivity (Wildman–Crippen MR) is 145 cm³/mol. The van der Waals surface area contributed by atoms with Gasteiger partial charge in [0.1, 0.15) is 0 Å². The van der Waals surface area contributed by atoms with E-state index < -0.39 is 0 Å². The van der Waals surface area contributed by atoms with Crippen LogP contribution in [-0.2, 0) is 17.2 Å². The summed E-state index contributed by atoms with van der Waals surface area (Å²) >= 11 is 3.82. The highest BCUT2D eigenvalue weighted by Gasteiger charge is 2.42. The Bertz CT molecular complexity index is 1420. The molecule has 2 fully saturated rings. The van der Waals surface area contributed by atoms with Gasteiger partial charge in [0.15, 0.2) is 5.78 Å². The van der Waals surface area contributed by atoms with Gasteiger partial charge in [0.05, 0.1) is 41.6 Å². The van der Waals surface area contributed by atoms with Gasteiger partial charge in [0.25, 0.3) is 0 Å². The van der Waals surface area contributed by atoms with Crippen LogP contribution in [0.1, 0.15) is 59.4 Å². The number of aryl methyl sites for hydroxylation is 1. The Morgan fingerprint density at radius 3 is 2.50 bits per heavy atom. The number of anilines is 1. The molecule has 3 aliphatic rings. The third kappa shape index (κ3) is 3.53. The molecule has 0 bridgehead atoms. The molecule has 0 amide bonds. The van der Waals surface area contributed by atoms with E-state index in [0.29, 0.717) is 11.6 Å². The number of rotatable bonds is 2. The molecule has 186 valence electrons. The standard InChI is InChI=1S/C29H31BrN4O2/c1-29(2)22-16-25(34-8-6-19(7-9-34)33-10-12-36-13-11-33)23(30)15-21(22)27(35)26-20-5-4-18(17-31)14-24(20)32(3)28(26)29/h4-5,14-16,19H,6-13H2,1-3H3. The van der Waals surface area contributed by atoms with Crippen LogP contribution in [0, 0.1) is 11.3 Å². The topological polar surface area (TPSA) is 61.5 Å². The Morgan fingerprint density at radius 1 is 1.08 bits per heavy atom. The smallest absolute Gasteiger partial charge is 0.195 e. The summed E-state index contributed by atoms with van der Waals surface area (Å²) in [6.45, 7) is 10.2. The highest BCUT2D eigenvalue weighted by atomic mass is 79.9. The molecule has 2 saturated heterocycles. The van der Waals surface area contributed by atoms with E-state index in [0.717, 1.165) is 90.0 Å². The zero-order valence-electron chi connectivity index (χ0n) is 21.1. The number of morpholine rings is 1. The molecule has 2 aromatic carbocycles. The average Bonchev–Trinajstić information content (AvgIpc) is 3.20. The summed E-state index contributed by atoms with van der Waals surface area (Å²) in [7, 11) is 2.01. The summed E-state index contributed by atoms with van der Waals surface area (Å²) in [5.74, 6) is 0.0629. The first-order valence-electron chi connectivity index (χ1n) is 12.8. The number of aromatic nitrogens is 1. The van der Waals surface area contributed by atoms with Crippen LogP contribution in [0.2, 0.25) is 0 Å². The van der Waals surface area contributed by atoms with E-state index in [1.807, 2.05) is 25.2 Å². The highest BCUT2D eigenvalue weighted by molar-refractivity contribution is 9.10. The zero-order valence-corrected chi connectivity index (χ0v) is 22.7. The zero-order chi connectivity index (χ0) is 25.2.